The Morgan fingerprint density at radius 3 is 2.59 bits per heavy atom. The molecule has 0 aromatic heterocycles. The van der Waals surface area contributed by atoms with Gasteiger partial charge in [0.1, 0.15) is 5.75 Å². The van der Waals surface area contributed by atoms with Crippen LogP contribution in [-0.4, -0.2) is 44.4 Å². The fraction of sp³-hybridized carbons (Fsp3) is 0.600. The Labute approximate surface area is 133 Å². The Morgan fingerprint density at radius 1 is 1.32 bits per heavy atom. The minimum absolute atomic E-state index is 0.000201. The molecule has 0 amide bonds. The van der Waals surface area contributed by atoms with Crippen molar-refractivity contribution >= 4 is 11.6 Å². The monoisotopic (exact) mass is 336 g/mol. The van der Waals surface area contributed by atoms with Crippen LogP contribution in [0, 0.1) is 0 Å². The molecule has 22 heavy (non-hydrogen) atoms. The lowest BCUT2D eigenvalue weighted by Crippen LogP contribution is -2.45. The molecule has 1 fully saturated rings. The van der Waals surface area contributed by atoms with E-state index in [1.54, 1.807) is 18.2 Å². The van der Waals surface area contributed by atoms with Crippen molar-refractivity contribution in [1.82, 2.24) is 10.2 Å². The summed E-state index contributed by atoms with van der Waals surface area (Å²) in [5.74, 6) is 0.579. The molecule has 2 rings (SSSR count). The predicted molar refractivity (Wildman–Crippen MR) is 80.5 cm³/mol. The molecule has 1 aliphatic rings. The molecule has 0 saturated carbocycles. The van der Waals surface area contributed by atoms with Gasteiger partial charge in [0.2, 0.25) is 0 Å². The maximum absolute atomic E-state index is 12.7. The van der Waals surface area contributed by atoms with Crippen molar-refractivity contribution in [3.63, 3.8) is 0 Å². The molecule has 1 saturated heterocycles. The Hall–Kier alpha value is -0.980. The van der Waals surface area contributed by atoms with Gasteiger partial charge in [-0.15, -0.1) is 0 Å². The molecule has 1 N–H and O–H groups in total. The van der Waals surface area contributed by atoms with Gasteiger partial charge in [-0.2, -0.15) is 13.2 Å². The number of hydrogen-bond donors (Lipinski definition) is 1. The molecule has 0 radical (unpaired) electrons. The number of rotatable bonds is 5. The van der Waals surface area contributed by atoms with E-state index in [0.717, 1.165) is 18.7 Å². The number of benzene rings is 1. The van der Waals surface area contributed by atoms with Crippen LogP contribution in [0.5, 0.6) is 5.75 Å². The zero-order valence-electron chi connectivity index (χ0n) is 12.4. The van der Waals surface area contributed by atoms with Gasteiger partial charge in [-0.05, 0) is 24.6 Å². The molecule has 0 spiro atoms. The highest BCUT2D eigenvalue weighted by molar-refractivity contribution is 6.30. The summed E-state index contributed by atoms with van der Waals surface area (Å²) in [5.41, 5.74) is 0.723. The molecule has 1 aromatic carbocycles. The first-order valence-corrected chi connectivity index (χ1v) is 7.63. The molecular formula is C15H20ClF3N2O. The standard InChI is InChI=1S/C15H20ClF3N2O/c1-22-14-3-2-11(16)10-12(14)13(4-5-15(17,18)19)21-8-6-20-7-9-21/h2-3,10,13,20H,4-9H2,1H3/t13-/m0/s1. The van der Waals surface area contributed by atoms with Crippen LogP contribution in [0.15, 0.2) is 18.2 Å². The van der Waals surface area contributed by atoms with Gasteiger partial charge in [0, 0.05) is 49.2 Å². The topological polar surface area (TPSA) is 24.5 Å². The van der Waals surface area contributed by atoms with E-state index in [1.807, 2.05) is 0 Å². The van der Waals surface area contributed by atoms with Crippen LogP contribution in [0.4, 0.5) is 13.2 Å². The summed E-state index contributed by atoms with van der Waals surface area (Å²) in [7, 11) is 1.52. The maximum atomic E-state index is 12.7. The fourth-order valence-electron chi connectivity index (χ4n) is 2.79. The molecule has 3 nitrogen and oxygen atoms in total. The van der Waals surface area contributed by atoms with Crippen molar-refractivity contribution in [3.8, 4) is 5.75 Å². The molecule has 1 aromatic rings. The van der Waals surface area contributed by atoms with E-state index in [4.69, 9.17) is 16.3 Å². The van der Waals surface area contributed by atoms with Crippen LogP contribution in [0.25, 0.3) is 0 Å². The number of methoxy groups -OCH3 is 1. The largest absolute Gasteiger partial charge is 0.496 e. The number of hydrogen-bond acceptors (Lipinski definition) is 3. The Kier molecular flexibility index (Phi) is 5.94. The lowest BCUT2D eigenvalue weighted by Gasteiger charge is -2.36. The number of nitrogens with zero attached hydrogens (tertiary/aromatic N) is 1. The van der Waals surface area contributed by atoms with Crippen molar-refractivity contribution in [2.24, 2.45) is 0 Å². The zero-order chi connectivity index (χ0) is 16.2. The van der Waals surface area contributed by atoms with Crippen molar-refractivity contribution in [2.75, 3.05) is 33.3 Å². The smallest absolute Gasteiger partial charge is 0.389 e. The van der Waals surface area contributed by atoms with Gasteiger partial charge >= 0.3 is 6.18 Å². The lowest BCUT2D eigenvalue weighted by atomic mass is 9.98. The first-order valence-electron chi connectivity index (χ1n) is 7.25. The van der Waals surface area contributed by atoms with E-state index in [1.165, 1.54) is 7.11 Å². The summed E-state index contributed by atoms with van der Waals surface area (Å²) in [6.07, 6.45) is -4.99. The SMILES string of the molecule is COc1ccc(Cl)cc1[C@H](CCC(F)(F)F)N1CCNCC1. The molecule has 0 bridgehead atoms. The van der Waals surface area contributed by atoms with Gasteiger partial charge in [0.25, 0.3) is 0 Å². The average molecular weight is 337 g/mol. The van der Waals surface area contributed by atoms with Gasteiger partial charge in [0.15, 0.2) is 0 Å². The molecular weight excluding hydrogens is 317 g/mol. The van der Waals surface area contributed by atoms with E-state index in [9.17, 15) is 13.2 Å². The van der Waals surface area contributed by atoms with Gasteiger partial charge < -0.3 is 10.1 Å². The lowest BCUT2D eigenvalue weighted by molar-refractivity contribution is -0.138. The van der Waals surface area contributed by atoms with E-state index in [0.29, 0.717) is 23.9 Å². The second-order valence-corrected chi connectivity index (χ2v) is 5.78. The van der Waals surface area contributed by atoms with Crippen molar-refractivity contribution in [2.45, 2.75) is 25.1 Å². The van der Waals surface area contributed by atoms with Crippen molar-refractivity contribution < 1.29 is 17.9 Å². The molecule has 124 valence electrons. The Morgan fingerprint density at radius 2 is 2.00 bits per heavy atom. The van der Waals surface area contributed by atoms with Crippen LogP contribution in [-0.2, 0) is 0 Å². The van der Waals surface area contributed by atoms with Gasteiger partial charge in [-0.3, -0.25) is 4.90 Å². The molecule has 0 aliphatic carbocycles. The van der Waals surface area contributed by atoms with E-state index in [2.05, 4.69) is 10.2 Å². The van der Waals surface area contributed by atoms with Gasteiger partial charge in [-0.25, -0.2) is 0 Å². The minimum atomic E-state index is -4.17. The van der Waals surface area contributed by atoms with Crippen molar-refractivity contribution in [1.29, 1.82) is 0 Å². The highest BCUT2D eigenvalue weighted by Crippen LogP contribution is 2.37. The van der Waals surface area contributed by atoms with Crippen molar-refractivity contribution in [3.05, 3.63) is 28.8 Å². The summed E-state index contributed by atoms with van der Waals surface area (Å²) in [6.45, 7) is 2.95. The fourth-order valence-corrected chi connectivity index (χ4v) is 2.98. The molecule has 1 aliphatic heterocycles. The molecule has 7 heteroatoms. The summed E-state index contributed by atoms with van der Waals surface area (Å²) in [6, 6.07) is 4.75. The highest BCUT2D eigenvalue weighted by atomic mass is 35.5. The Bertz CT molecular complexity index is 490. The van der Waals surface area contributed by atoms with Crippen LogP contribution in [0.3, 0.4) is 0 Å². The second kappa shape index (κ2) is 7.53. The first kappa shape index (κ1) is 17.4. The number of nitrogens with one attached hydrogen (secondary N) is 1. The number of alkyl halides is 3. The van der Waals surface area contributed by atoms with Crippen LogP contribution in [0.1, 0.15) is 24.4 Å². The average Bonchev–Trinajstić information content (AvgIpc) is 2.48. The normalized spacial score (nSPS) is 18.2. The quantitative estimate of drug-likeness (QED) is 0.888. The number of ether oxygens (including phenoxy) is 1. The molecule has 1 atom stereocenters. The minimum Gasteiger partial charge on any atom is -0.496 e. The second-order valence-electron chi connectivity index (χ2n) is 5.34. The zero-order valence-corrected chi connectivity index (χ0v) is 13.2. The first-order chi connectivity index (χ1) is 10.4. The van der Waals surface area contributed by atoms with Gasteiger partial charge in [0.05, 0.1) is 7.11 Å². The summed E-state index contributed by atoms with van der Waals surface area (Å²) < 4.78 is 43.3. The number of piperazine rings is 1. The third-order valence-electron chi connectivity index (χ3n) is 3.84. The molecule has 0 unspecified atom stereocenters. The Balaban J connectivity index is 2.28. The molecule has 1 heterocycles. The third kappa shape index (κ3) is 4.76. The number of halogens is 4. The van der Waals surface area contributed by atoms with Crippen LogP contribution >= 0.6 is 11.6 Å². The predicted octanol–water partition coefficient (Wildman–Crippen LogP) is 3.64. The maximum Gasteiger partial charge on any atom is 0.389 e. The summed E-state index contributed by atoms with van der Waals surface area (Å²) in [5, 5.41) is 3.71. The van der Waals surface area contributed by atoms with E-state index in [-0.39, 0.29) is 12.5 Å². The highest BCUT2D eigenvalue weighted by Gasteiger charge is 2.32. The van der Waals surface area contributed by atoms with Gasteiger partial charge in [-0.1, -0.05) is 11.6 Å². The van der Waals surface area contributed by atoms with Crippen LogP contribution in [0.2, 0.25) is 5.02 Å². The van der Waals surface area contributed by atoms with Crippen LogP contribution < -0.4 is 10.1 Å². The van der Waals surface area contributed by atoms with E-state index < -0.39 is 12.6 Å². The summed E-state index contributed by atoms with van der Waals surface area (Å²) >= 11 is 6.04. The van der Waals surface area contributed by atoms with E-state index >= 15 is 0 Å². The summed E-state index contributed by atoms with van der Waals surface area (Å²) in [4.78, 5) is 2.07. The third-order valence-corrected chi connectivity index (χ3v) is 4.08.